The van der Waals surface area contributed by atoms with E-state index in [9.17, 15) is 14.4 Å². The number of carbonyl (C=O) groups is 2. The van der Waals surface area contributed by atoms with Crippen LogP contribution in [0.2, 0.25) is 0 Å². The van der Waals surface area contributed by atoms with Gasteiger partial charge in [0.05, 0.1) is 41.4 Å². The number of pyridine rings is 2. The molecule has 1 aromatic carbocycles. The lowest BCUT2D eigenvalue weighted by Crippen LogP contribution is -2.19. The van der Waals surface area contributed by atoms with Crippen LogP contribution in [0, 0.1) is 6.92 Å². The predicted octanol–water partition coefficient (Wildman–Crippen LogP) is 2.66. The lowest BCUT2D eigenvalue weighted by atomic mass is 10.1. The van der Waals surface area contributed by atoms with Crippen molar-refractivity contribution in [1.82, 2.24) is 9.55 Å². The Labute approximate surface area is 155 Å². The Bertz CT molecular complexity index is 1080. The fourth-order valence-corrected chi connectivity index (χ4v) is 2.76. The van der Waals surface area contributed by atoms with Crippen molar-refractivity contribution in [3.8, 4) is 5.69 Å². The summed E-state index contributed by atoms with van der Waals surface area (Å²) in [6.07, 6.45) is 1.61. The first-order valence-electron chi connectivity index (χ1n) is 8.35. The SMILES string of the molecule is CCOC(=O)c1ccc(-n2ccc3nc(C)c(C(=O)OC)cc3c2=O)cc1. The minimum absolute atomic E-state index is 0.248. The zero-order chi connectivity index (χ0) is 19.6. The number of fused-ring (bicyclic) bond motifs is 1. The topological polar surface area (TPSA) is 87.5 Å². The lowest BCUT2D eigenvalue weighted by Gasteiger charge is -2.10. The molecular formula is C20H18N2O5. The van der Waals surface area contributed by atoms with Crippen molar-refractivity contribution < 1.29 is 19.1 Å². The van der Waals surface area contributed by atoms with Crippen LogP contribution in [0.4, 0.5) is 0 Å². The van der Waals surface area contributed by atoms with E-state index in [0.29, 0.717) is 34.5 Å². The van der Waals surface area contributed by atoms with Gasteiger partial charge < -0.3 is 9.47 Å². The summed E-state index contributed by atoms with van der Waals surface area (Å²) in [5.74, 6) is -0.965. The molecule has 0 aliphatic carbocycles. The first-order chi connectivity index (χ1) is 13.0. The van der Waals surface area contributed by atoms with Crippen molar-refractivity contribution in [1.29, 1.82) is 0 Å². The predicted molar refractivity (Wildman–Crippen MR) is 99.4 cm³/mol. The van der Waals surface area contributed by atoms with E-state index in [1.165, 1.54) is 17.7 Å². The van der Waals surface area contributed by atoms with Crippen molar-refractivity contribution in [2.45, 2.75) is 13.8 Å². The second-order valence-corrected chi connectivity index (χ2v) is 5.80. The summed E-state index contributed by atoms with van der Waals surface area (Å²) in [6, 6.07) is 9.69. The molecule has 2 aromatic heterocycles. The van der Waals surface area contributed by atoms with Gasteiger partial charge in [0.15, 0.2) is 0 Å². The normalized spacial score (nSPS) is 10.6. The Balaban J connectivity index is 2.09. The maximum atomic E-state index is 12.9. The summed E-state index contributed by atoms with van der Waals surface area (Å²) in [6.45, 7) is 3.71. The largest absolute Gasteiger partial charge is 0.465 e. The van der Waals surface area contributed by atoms with Gasteiger partial charge in [-0.15, -0.1) is 0 Å². The zero-order valence-corrected chi connectivity index (χ0v) is 15.2. The standard InChI is InChI=1S/C20H18N2O5/c1-4-27-19(24)13-5-7-14(8-6-13)22-10-9-17-16(18(22)23)11-15(12(2)21-17)20(25)26-3/h5-11H,4H2,1-3H3. The van der Waals surface area contributed by atoms with Crippen LogP contribution in [0.5, 0.6) is 0 Å². The van der Waals surface area contributed by atoms with Gasteiger partial charge in [-0.3, -0.25) is 14.3 Å². The van der Waals surface area contributed by atoms with Crippen LogP contribution in [0.1, 0.15) is 33.3 Å². The summed E-state index contributed by atoms with van der Waals surface area (Å²) in [4.78, 5) is 40.9. The molecule has 0 radical (unpaired) electrons. The van der Waals surface area contributed by atoms with Gasteiger partial charge in [0.1, 0.15) is 0 Å². The highest BCUT2D eigenvalue weighted by molar-refractivity contribution is 5.95. The van der Waals surface area contributed by atoms with E-state index < -0.39 is 11.9 Å². The Morgan fingerprint density at radius 2 is 1.81 bits per heavy atom. The Morgan fingerprint density at radius 1 is 1.11 bits per heavy atom. The smallest absolute Gasteiger partial charge is 0.339 e. The van der Waals surface area contributed by atoms with Crippen LogP contribution >= 0.6 is 0 Å². The number of benzene rings is 1. The van der Waals surface area contributed by atoms with Gasteiger partial charge in [-0.25, -0.2) is 9.59 Å². The maximum Gasteiger partial charge on any atom is 0.339 e. The lowest BCUT2D eigenvalue weighted by molar-refractivity contribution is 0.0525. The molecule has 0 N–H and O–H groups in total. The van der Waals surface area contributed by atoms with E-state index in [4.69, 9.17) is 9.47 Å². The highest BCUT2D eigenvalue weighted by atomic mass is 16.5. The van der Waals surface area contributed by atoms with Gasteiger partial charge in [-0.1, -0.05) is 0 Å². The minimum atomic E-state index is -0.546. The number of aryl methyl sites for hydroxylation is 1. The molecule has 7 nitrogen and oxygen atoms in total. The van der Waals surface area contributed by atoms with E-state index in [1.54, 1.807) is 50.4 Å². The number of ether oxygens (including phenoxy) is 2. The van der Waals surface area contributed by atoms with E-state index in [-0.39, 0.29) is 11.1 Å². The molecule has 0 spiro atoms. The molecule has 0 aliphatic heterocycles. The molecule has 27 heavy (non-hydrogen) atoms. The van der Waals surface area contributed by atoms with Crippen LogP contribution in [-0.2, 0) is 9.47 Å². The van der Waals surface area contributed by atoms with E-state index in [2.05, 4.69) is 4.98 Å². The average molecular weight is 366 g/mol. The molecule has 138 valence electrons. The molecule has 3 rings (SSSR count). The summed E-state index contributed by atoms with van der Waals surface area (Å²) in [5, 5.41) is 0.304. The molecule has 0 saturated heterocycles. The molecule has 0 bridgehead atoms. The number of rotatable bonds is 4. The number of hydrogen-bond acceptors (Lipinski definition) is 6. The molecular weight excluding hydrogens is 348 g/mol. The maximum absolute atomic E-state index is 12.9. The molecule has 0 aliphatic rings. The molecule has 0 saturated carbocycles. The van der Waals surface area contributed by atoms with E-state index in [1.807, 2.05) is 0 Å². The fraction of sp³-hybridized carbons (Fsp3) is 0.200. The average Bonchev–Trinajstić information content (AvgIpc) is 2.67. The van der Waals surface area contributed by atoms with Crippen molar-refractivity contribution in [3.63, 3.8) is 0 Å². The quantitative estimate of drug-likeness (QED) is 0.660. The van der Waals surface area contributed by atoms with Crippen molar-refractivity contribution in [2.75, 3.05) is 13.7 Å². The molecule has 3 aromatic rings. The van der Waals surface area contributed by atoms with Crippen LogP contribution in [0.25, 0.3) is 16.6 Å². The van der Waals surface area contributed by atoms with Gasteiger partial charge in [0, 0.05) is 11.9 Å². The summed E-state index contributed by atoms with van der Waals surface area (Å²) >= 11 is 0. The van der Waals surface area contributed by atoms with Crippen molar-refractivity contribution in [3.05, 3.63) is 69.8 Å². The third-order valence-corrected chi connectivity index (χ3v) is 4.14. The summed E-state index contributed by atoms with van der Waals surface area (Å²) < 4.78 is 11.1. The number of carbonyl (C=O) groups excluding carboxylic acids is 2. The van der Waals surface area contributed by atoms with Crippen LogP contribution in [-0.4, -0.2) is 35.2 Å². The summed E-state index contributed by atoms with van der Waals surface area (Å²) in [5.41, 5.74) is 1.89. The van der Waals surface area contributed by atoms with Crippen molar-refractivity contribution >= 4 is 22.8 Å². The van der Waals surface area contributed by atoms with Gasteiger partial charge >= 0.3 is 11.9 Å². The third kappa shape index (κ3) is 3.44. The first kappa shape index (κ1) is 18.3. The number of nitrogens with zero attached hydrogens (tertiary/aromatic N) is 2. The highest BCUT2D eigenvalue weighted by Crippen LogP contribution is 2.16. The fourth-order valence-electron chi connectivity index (χ4n) is 2.76. The third-order valence-electron chi connectivity index (χ3n) is 4.14. The molecule has 0 amide bonds. The van der Waals surface area contributed by atoms with E-state index >= 15 is 0 Å². The van der Waals surface area contributed by atoms with Crippen molar-refractivity contribution in [2.24, 2.45) is 0 Å². The molecule has 2 heterocycles. The van der Waals surface area contributed by atoms with Gasteiger partial charge in [0.25, 0.3) is 5.56 Å². The van der Waals surface area contributed by atoms with Crippen LogP contribution < -0.4 is 5.56 Å². The van der Waals surface area contributed by atoms with Gasteiger partial charge in [0.2, 0.25) is 0 Å². The van der Waals surface area contributed by atoms with Crippen LogP contribution in [0.3, 0.4) is 0 Å². The van der Waals surface area contributed by atoms with Gasteiger partial charge in [-0.05, 0) is 50.2 Å². The minimum Gasteiger partial charge on any atom is -0.465 e. The molecule has 7 heteroatoms. The number of hydrogen-bond donors (Lipinski definition) is 0. The number of esters is 2. The monoisotopic (exact) mass is 366 g/mol. The Kier molecular flexibility index (Phi) is 5.03. The molecule has 0 unspecified atom stereocenters. The summed E-state index contributed by atoms with van der Waals surface area (Å²) in [7, 11) is 1.28. The van der Waals surface area contributed by atoms with E-state index in [0.717, 1.165) is 0 Å². The molecule has 0 fully saturated rings. The second-order valence-electron chi connectivity index (χ2n) is 5.80. The Hall–Kier alpha value is -3.48. The Morgan fingerprint density at radius 3 is 2.44 bits per heavy atom. The second kappa shape index (κ2) is 7.41. The highest BCUT2D eigenvalue weighted by Gasteiger charge is 2.15. The molecule has 0 atom stereocenters. The zero-order valence-electron chi connectivity index (χ0n) is 15.2. The van der Waals surface area contributed by atoms with Gasteiger partial charge in [-0.2, -0.15) is 0 Å². The van der Waals surface area contributed by atoms with Crippen LogP contribution in [0.15, 0.2) is 47.4 Å². The number of aromatic nitrogens is 2. The first-order valence-corrected chi connectivity index (χ1v) is 8.35. The number of methoxy groups -OCH3 is 1.